The van der Waals surface area contributed by atoms with E-state index in [9.17, 15) is 4.79 Å². The number of furan rings is 1. The summed E-state index contributed by atoms with van der Waals surface area (Å²) < 4.78 is 7.61. The maximum Gasteiger partial charge on any atom is 0.233 e. The maximum absolute atomic E-state index is 12.3. The summed E-state index contributed by atoms with van der Waals surface area (Å²) >= 11 is 8.68. The first-order valence-electron chi connectivity index (χ1n) is 7.01. The number of carbonyl (C=O) groups excluding carboxylic acids is 1. The number of aromatic nitrogens is 4. The van der Waals surface area contributed by atoms with Crippen LogP contribution in [0, 0.1) is 0 Å². The Balaban J connectivity index is 1.53. The van der Waals surface area contributed by atoms with E-state index >= 15 is 0 Å². The van der Waals surface area contributed by atoms with Crippen LogP contribution in [0.5, 0.6) is 0 Å². The number of rotatable bonds is 7. The quantitative estimate of drug-likeness (QED) is 0.584. The molecule has 3 aromatic rings. The van der Waals surface area contributed by atoms with Crippen LogP contribution in [0.3, 0.4) is 0 Å². The molecule has 0 unspecified atom stereocenters. The molecule has 3 heterocycles. The van der Waals surface area contributed by atoms with Crippen LogP contribution in [-0.2, 0) is 17.9 Å². The summed E-state index contributed by atoms with van der Waals surface area (Å²) in [5, 5.41) is 12.1. The summed E-state index contributed by atoms with van der Waals surface area (Å²) in [7, 11) is 1.77. The van der Waals surface area contributed by atoms with Crippen LogP contribution in [-0.4, -0.2) is 43.8 Å². The molecule has 3 rings (SSSR count). The number of carbonyl (C=O) groups is 1. The van der Waals surface area contributed by atoms with E-state index in [1.54, 1.807) is 22.9 Å². The van der Waals surface area contributed by atoms with Crippen molar-refractivity contribution in [1.82, 2.24) is 25.1 Å². The van der Waals surface area contributed by atoms with Crippen LogP contribution in [0.1, 0.15) is 10.6 Å². The first-order chi connectivity index (χ1) is 11.6. The second kappa shape index (κ2) is 7.82. The van der Waals surface area contributed by atoms with Gasteiger partial charge in [-0.25, -0.2) is 4.68 Å². The van der Waals surface area contributed by atoms with Gasteiger partial charge in [-0.2, -0.15) is 0 Å². The van der Waals surface area contributed by atoms with Crippen LogP contribution in [0.25, 0.3) is 0 Å². The summed E-state index contributed by atoms with van der Waals surface area (Å²) in [5.41, 5.74) is 0. The van der Waals surface area contributed by atoms with Gasteiger partial charge < -0.3 is 9.32 Å². The predicted molar refractivity (Wildman–Crippen MR) is 92.2 cm³/mol. The molecule has 3 aromatic heterocycles. The van der Waals surface area contributed by atoms with Gasteiger partial charge in [0.15, 0.2) is 0 Å². The first kappa shape index (κ1) is 17.0. The zero-order chi connectivity index (χ0) is 16.9. The molecule has 0 aromatic carbocycles. The molecule has 1 amide bonds. The molecule has 10 heteroatoms. The van der Waals surface area contributed by atoms with E-state index in [0.29, 0.717) is 18.2 Å². The van der Waals surface area contributed by atoms with Gasteiger partial charge in [-0.15, -0.1) is 16.4 Å². The molecule has 0 radical (unpaired) electrons. The molecule has 126 valence electrons. The third kappa shape index (κ3) is 4.37. The van der Waals surface area contributed by atoms with Gasteiger partial charge in [0.2, 0.25) is 11.1 Å². The summed E-state index contributed by atoms with van der Waals surface area (Å²) in [4.78, 5) is 15.0. The van der Waals surface area contributed by atoms with Crippen molar-refractivity contribution >= 4 is 40.6 Å². The summed E-state index contributed by atoms with van der Waals surface area (Å²) in [6.07, 6.45) is 1.60. The Morgan fingerprint density at radius 3 is 3.04 bits per heavy atom. The number of thiophene rings is 1. The minimum atomic E-state index is -0.00271. The van der Waals surface area contributed by atoms with Gasteiger partial charge in [-0.1, -0.05) is 23.4 Å². The second-order valence-electron chi connectivity index (χ2n) is 4.94. The highest BCUT2D eigenvalue weighted by Gasteiger charge is 2.15. The highest BCUT2D eigenvalue weighted by atomic mass is 35.5. The lowest BCUT2D eigenvalue weighted by Gasteiger charge is -2.15. The topological polar surface area (TPSA) is 77.1 Å². The number of amides is 1. The number of hydrogen-bond donors (Lipinski definition) is 0. The Bertz CT molecular complexity index is 802. The molecule has 0 aliphatic carbocycles. The van der Waals surface area contributed by atoms with Crippen molar-refractivity contribution in [2.45, 2.75) is 18.2 Å². The number of halogens is 1. The van der Waals surface area contributed by atoms with Crippen LogP contribution in [0.2, 0.25) is 4.34 Å². The Morgan fingerprint density at radius 2 is 2.33 bits per heavy atom. The van der Waals surface area contributed by atoms with Gasteiger partial charge in [0.1, 0.15) is 12.3 Å². The molecule has 0 aliphatic rings. The molecule has 0 N–H and O–H groups in total. The van der Waals surface area contributed by atoms with Crippen molar-refractivity contribution in [1.29, 1.82) is 0 Å². The smallest absolute Gasteiger partial charge is 0.233 e. The van der Waals surface area contributed by atoms with Gasteiger partial charge in [0, 0.05) is 11.9 Å². The molecule has 0 saturated heterocycles. The lowest BCUT2D eigenvalue weighted by molar-refractivity contribution is -0.127. The minimum absolute atomic E-state index is 0.00271. The standard InChI is InChI=1S/C14H14ClN5O2S2/c1-19(8-11-4-5-12(15)24-11)13(21)9-23-14-16-17-18-20(14)7-10-3-2-6-22-10/h2-6H,7-9H2,1H3. The lowest BCUT2D eigenvalue weighted by atomic mass is 10.4. The predicted octanol–water partition coefficient (Wildman–Crippen LogP) is 2.78. The van der Waals surface area contributed by atoms with Crippen LogP contribution < -0.4 is 0 Å². The molecule has 0 fully saturated rings. The highest BCUT2D eigenvalue weighted by Crippen LogP contribution is 2.23. The molecular formula is C14H14ClN5O2S2. The Morgan fingerprint density at radius 1 is 1.46 bits per heavy atom. The molecule has 0 bridgehead atoms. The molecule has 0 aliphatic heterocycles. The Hall–Kier alpha value is -1.84. The van der Waals surface area contributed by atoms with Gasteiger partial charge >= 0.3 is 0 Å². The van der Waals surface area contributed by atoms with Gasteiger partial charge in [-0.3, -0.25) is 4.79 Å². The largest absolute Gasteiger partial charge is 0.467 e. The van der Waals surface area contributed by atoms with E-state index in [-0.39, 0.29) is 11.7 Å². The van der Waals surface area contributed by atoms with E-state index in [1.165, 1.54) is 23.1 Å². The SMILES string of the molecule is CN(Cc1ccc(Cl)s1)C(=O)CSc1nnnn1Cc1ccco1. The zero-order valence-corrected chi connectivity index (χ0v) is 15.1. The number of tetrazole rings is 1. The summed E-state index contributed by atoms with van der Waals surface area (Å²) in [5.74, 6) is 1.01. The molecule has 0 atom stereocenters. The van der Waals surface area contributed by atoms with Crippen molar-refractivity contribution in [3.8, 4) is 0 Å². The summed E-state index contributed by atoms with van der Waals surface area (Å²) in [6, 6.07) is 7.41. The monoisotopic (exact) mass is 383 g/mol. The number of hydrogen-bond acceptors (Lipinski definition) is 7. The highest BCUT2D eigenvalue weighted by molar-refractivity contribution is 7.99. The minimum Gasteiger partial charge on any atom is -0.467 e. The van der Waals surface area contributed by atoms with E-state index in [0.717, 1.165) is 15.0 Å². The van der Waals surface area contributed by atoms with Gasteiger partial charge in [0.05, 0.1) is 22.9 Å². The van der Waals surface area contributed by atoms with Crippen molar-refractivity contribution in [2.75, 3.05) is 12.8 Å². The average Bonchev–Trinajstić information content (AvgIpc) is 3.29. The Labute approximate surface area is 151 Å². The molecule has 0 spiro atoms. The van der Waals surface area contributed by atoms with Crippen LogP contribution in [0.15, 0.2) is 40.1 Å². The fourth-order valence-corrected chi connectivity index (χ4v) is 3.90. The normalized spacial score (nSPS) is 10.9. The lowest BCUT2D eigenvalue weighted by Crippen LogP contribution is -2.27. The fourth-order valence-electron chi connectivity index (χ4n) is 1.94. The average molecular weight is 384 g/mol. The number of nitrogens with zero attached hydrogens (tertiary/aromatic N) is 5. The first-order valence-corrected chi connectivity index (χ1v) is 9.19. The van der Waals surface area contributed by atoms with Gasteiger partial charge in [0.25, 0.3) is 0 Å². The molecular weight excluding hydrogens is 370 g/mol. The van der Waals surface area contributed by atoms with Crippen molar-refractivity contribution < 1.29 is 9.21 Å². The van der Waals surface area contributed by atoms with E-state index in [1.807, 2.05) is 24.3 Å². The van der Waals surface area contributed by atoms with E-state index in [2.05, 4.69) is 15.5 Å². The van der Waals surface area contributed by atoms with Crippen molar-refractivity contribution in [3.63, 3.8) is 0 Å². The summed E-state index contributed by atoms with van der Waals surface area (Å²) in [6.45, 7) is 0.966. The fraction of sp³-hybridized carbons (Fsp3) is 0.286. The van der Waals surface area contributed by atoms with Crippen molar-refractivity contribution in [2.24, 2.45) is 0 Å². The van der Waals surface area contributed by atoms with Gasteiger partial charge in [-0.05, 0) is 34.7 Å². The van der Waals surface area contributed by atoms with Crippen LogP contribution in [0.4, 0.5) is 0 Å². The van der Waals surface area contributed by atoms with E-state index in [4.69, 9.17) is 16.0 Å². The maximum atomic E-state index is 12.3. The van der Waals surface area contributed by atoms with E-state index < -0.39 is 0 Å². The Kier molecular flexibility index (Phi) is 5.54. The molecule has 24 heavy (non-hydrogen) atoms. The third-order valence-electron chi connectivity index (χ3n) is 3.16. The third-order valence-corrected chi connectivity index (χ3v) is 5.31. The molecule has 7 nitrogen and oxygen atoms in total. The number of thioether (sulfide) groups is 1. The van der Waals surface area contributed by atoms with Crippen molar-refractivity contribution in [3.05, 3.63) is 45.5 Å². The zero-order valence-electron chi connectivity index (χ0n) is 12.8. The second-order valence-corrected chi connectivity index (χ2v) is 7.68. The van der Waals surface area contributed by atoms with Crippen LogP contribution >= 0.6 is 34.7 Å². The molecule has 0 saturated carbocycles.